The number of aliphatic carboxylic acids is 1. The summed E-state index contributed by atoms with van der Waals surface area (Å²) in [5.41, 5.74) is 3.73. The van der Waals surface area contributed by atoms with E-state index in [-0.39, 0.29) is 6.42 Å². The molecule has 0 radical (unpaired) electrons. The smallest absolute Gasteiger partial charge is 0.337 e. The van der Waals surface area contributed by atoms with Gasteiger partial charge < -0.3 is 15.9 Å². The Kier molecular flexibility index (Phi) is 1.66. The van der Waals surface area contributed by atoms with E-state index < -0.39 is 17.6 Å². The molecule has 1 aliphatic rings. The maximum absolute atomic E-state index is 10.4. The van der Waals surface area contributed by atoms with Crippen LogP contribution in [0.4, 0.5) is 0 Å². The van der Waals surface area contributed by atoms with E-state index in [1.807, 2.05) is 0 Å². The van der Waals surface area contributed by atoms with Crippen molar-refractivity contribution in [2.24, 2.45) is 5.73 Å². The minimum atomic E-state index is -1.65. The van der Waals surface area contributed by atoms with Crippen LogP contribution in [0, 0.1) is 0 Å². The third kappa shape index (κ3) is 0.892. The summed E-state index contributed by atoms with van der Waals surface area (Å²) in [6, 6.07) is -0.593. The summed E-state index contributed by atoms with van der Waals surface area (Å²) in [6.07, 6.45) is 1.58. The molecular formula is C6H11NO3. The van der Waals surface area contributed by atoms with Crippen LogP contribution >= 0.6 is 0 Å². The molecule has 1 rings (SSSR count). The van der Waals surface area contributed by atoms with Gasteiger partial charge in [0, 0.05) is 6.04 Å². The van der Waals surface area contributed by atoms with E-state index in [1.165, 1.54) is 0 Å². The second-order valence-electron chi connectivity index (χ2n) is 2.73. The van der Waals surface area contributed by atoms with Crippen molar-refractivity contribution in [1.82, 2.24) is 0 Å². The number of carboxylic acids is 1. The van der Waals surface area contributed by atoms with E-state index >= 15 is 0 Å². The van der Waals surface area contributed by atoms with Gasteiger partial charge in [-0.3, -0.25) is 0 Å². The van der Waals surface area contributed by atoms with Crippen LogP contribution in [0.3, 0.4) is 0 Å². The molecule has 4 heteroatoms. The standard InChI is InChI=1S/C6H11NO3/c7-4-2-1-3-6(4,10)5(8)9/h4,10H,1-3,7H2,(H,8,9). The number of carbonyl (C=O) groups is 1. The van der Waals surface area contributed by atoms with Gasteiger partial charge in [0.05, 0.1) is 0 Å². The monoisotopic (exact) mass is 145 g/mol. The highest BCUT2D eigenvalue weighted by atomic mass is 16.4. The summed E-state index contributed by atoms with van der Waals surface area (Å²) in [4.78, 5) is 10.4. The zero-order chi connectivity index (χ0) is 7.78. The molecule has 1 aliphatic carbocycles. The van der Waals surface area contributed by atoms with Gasteiger partial charge in [-0.05, 0) is 19.3 Å². The van der Waals surface area contributed by atoms with Crippen LogP contribution in [0.1, 0.15) is 19.3 Å². The van der Waals surface area contributed by atoms with E-state index in [2.05, 4.69) is 0 Å². The summed E-state index contributed by atoms with van der Waals surface area (Å²) in [5.74, 6) is -1.20. The third-order valence-electron chi connectivity index (χ3n) is 2.06. The van der Waals surface area contributed by atoms with E-state index in [0.29, 0.717) is 12.8 Å². The third-order valence-corrected chi connectivity index (χ3v) is 2.06. The van der Waals surface area contributed by atoms with Crippen LogP contribution in [-0.2, 0) is 4.79 Å². The molecule has 1 fully saturated rings. The summed E-state index contributed by atoms with van der Waals surface area (Å²) < 4.78 is 0. The maximum Gasteiger partial charge on any atom is 0.337 e. The lowest BCUT2D eigenvalue weighted by Crippen LogP contribution is -2.49. The molecule has 0 bridgehead atoms. The highest BCUT2D eigenvalue weighted by molar-refractivity contribution is 5.78. The van der Waals surface area contributed by atoms with Crippen molar-refractivity contribution < 1.29 is 15.0 Å². The van der Waals surface area contributed by atoms with Crippen molar-refractivity contribution in [2.45, 2.75) is 30.9 Å². The quantitative estimate of drug-likeness (QED) is 0.456. The second-order valence-corrected chi connectivity index (χ2v) is 2.73. The van der Waals surface area contributed by atoms with Crippen LogP contribution < -0.4 is 5.73 Å². The average Bonchev–Trinajstić information content (AvgIpc) is 2.15. The molecule has 0 aromatic heterocycles. The van der Waals surface area contributed by atoms with Gasteiger partial charge in [-0.1, -0.05) is 0 Å². The zero-order valence-electron chi connectivity index (χ0n) is 5.58. The molecule has 0 aliphatic heterocycles. The van der Waals surface area contributed by atoms with E-state index in [4.69, 9.17) is 10.8 Å². The van der Waals surface area contributed by atoms with Gasteiger partial charge in [-0.15, -0.1) is 0 Å². The van der Waals surface area contributed by atoms with Crippen molar-refractivity contribution in [2.75, 3.05) is 0 Å². The Bertz CT molecular complexity index is 159. The summed E-state index contributed by atoms with van der Waals surface area (Å²) in [7, 11) is 0. The van der Waals surface area contributed by atoms with Gasteiger partial charge in [-0.25, -0.2) is 4.79 Å². The summed E-state index contributed by atoms with van der Waals surface area (Å²) in [5, 5.41) is 17.8. The molecule has 4 N–H and O–H groups in total. The molecule has 0 amide bonds. The highest BCUT2D eigenvalue weighted by Gasteiger charge is 2.45. The molecule has 0 aromatic rings. The number of rotatable bonds is 1. The number of aliphatic hydroxyl groups is 1. The molecule has 1 saturated carbocycles. The molecule has 0 spiro atoms. The van der Waals surface area contributed by atoms with Gasteiger partial charge in [0.1, 0.15) is 0 Å². The van der Waals surface area contributed by atoms with Gasteiger partial charge in [0.15, 0.2) is 5.60 Å². The van der Waals surface area contributed by atoms with Crippen LogP contribution in [-0.4, -0.2) is 27.8 Å². The molecule has 0 heterocycles. The first-order valence-corrected chi connectivity index (χ1v) is 3.29. The zero-order valence-corrected chi connectivity index (χ0v) is 5.58. The Morgan fingerprint density at radius 1 is 1.70 bits per heavy atom. The fourth-order valence-corrected chi connectivity index (χ4v) is 1.28. The average molecular weight is 145 g/mol. The van der Waals surface area contributed by atoms with Crippen LogP contribution in [0.2, 0.25) is 0 Å². The van der Waals surface area contributed by atoms with Crippen molar-refractivity contribution in [3.63, 3.8) is 0 Å². The number of carboxylic acid groups (broad SMARTS) is 1. The Balaban J connectivity index is 2.75. The van der Waals surface area contributed by atoms with Crippen molar-refractivity contribution in [3.05, 3.63) is 0 Å². The van der Waals surface area contributed by atoms with Gasteiger partial charge in [0.25, 0.3) is 0 Å². The van der Waals surface area contributed by atoms with Crippen LogP contribution in [0.5, 0.6) is 0 Å². The molecule has 58 valence electrons. The maximum atomic E-state index is 10.4. The number of nitrogens with two attached hydrogens (primary N) is 1. The molecule has 0 saturated heterocycles. The molecule has 2 unspecified atom stereocenters. The Morgan fingerprint density at radius 2 is 2.30 bits per heavy atom. The largest absolute Gasteiger partial charge is 0.479 e. The first kappa shape index (κ1) is 7.50. The molecule has 10 heavy (non-hydrogen) atoms. The van der Waals surface area contributed by atoms with Crippen molar-refractivity contribution >= 4 is 5.97 Å². The fourth-order valence-electron chi connectivity index (χ4n) is 1.28. The fraction of sp³-hybridized carbons (Fsp3) is 0.833. The summed E-state index contributed by atoms with van der Waals surface area (Å²) >= 11 is 0. The Morgan fingerprint density at radius 3 is 2.50 bits per heavy atom. The minimum absolute atomic E-state index is 0.281. The van der Waals surface area contributed by atoms with E-state index in [1.54, 1.807) is 0 Å². The van der Waals surface area contributed by atoms with Crippen LogP contribution in [0.25, 0.3) is 0 Å². The predicted octanol–water partition coefficient (Wildman–Crippen LogP) is -0.687. The minimum Gasteiger partial charge on any atom is -0.479 e. The Hall–Kier alpha value is -0.610. The van der Waals surface area contributed by atoms with Crippen molar-refractivity contribution in [1.29, 1.82) is 0 Å². The topological polar surface area (TPSA) is 83.5 Å². The van der Waals surface area contributed by atoms with E-state index in [9.17, 15) is 9.90 Å². The van der Waals surface area contributed by atoms with Gasteiger partial charge in [-0.2, -0.15) is 0 Å². The van der Waals surface area contributed by atoms with Gasteiger partial charge in [0.2, 0.25) is 0 Å². The number of hydrogen-bond acceptors (Lipinski definition) is 3. The van der Waals surface area contributed by atoms with Crippen LogP contribution in [0.15, 0.2) is 0 Å². The number of hydrogen-bond donors (Lipinski definition) is 3. The normalized spacial score (nSPS) is 40.0. The first-order valence-electron chi connectivity index (χ1n) is 3.29. The molecule has 2 atom stereocenters. The highest BCUT2D eigenvalue weighted by Crippen LogP contribution is 2.28. The van der Waals surface area contributed by atoms with Crippen molar-refractivity contribution in [3.8, 4) is 0 Å². The summed E-state index contributed by atoms with van der Waals surface area (Å²) in [6.45, 7) is 0. The predicted molar refractivity (Wildman–Crippen MR) is 34.4 cm³/mol. The SMILES string of the molecule is NC1CCCC1(O)C(=O)O. The Labute approximate surface area is 58.6 Å². The molecular weight excluding hydrogens is 134 g/mol. The molecule has 0 aromatic carbocycles. The second kappa shape index (κ2) is 2.21. The lowest BCUT2D eigenvalue weighted by molar-refractivity contribution is -0.158. The molecule has 4 nitrogen and oxygen atoms in total. The lowest BCUT2D eigenvalue weighted by atomic mass is 9.99. The lowest BCUT2D eigenvalue weighted by Gasteiger charge is -2.21. The first-order chi connectivity index (χ1) is 4.57. The van der Waals surface area contributed by atoms with E-state index in [0.717, 1.165) is 0 Å². The van der Waals surface area contributed by atoms with Gasteiger partial charge >= 0.3 is 5.97 Å².